The molecule has 104 valence electrons. The first kappa shape index (κ1) is 14.5. The zero-order chi connectivity index (χ0) is 13.7. The Morgan fingerprint density at radius 1 is 1.47 bits per heavy atom. The second kappa shape index (κ2) is 6.50. The van der Waals surface area contributed by atoms with Gasteiger partial charge < -0.3 is 15.4 Å². The van der Waals surface area contributed by atoms with Gasteiger partial charge in [-0.1, -0.05) is 15.9 Å². The average Bonchev–Trinajstić information content (AvgIpc) is 2.40. The number of carbonyl (C=O) groups is 1. The third-order valence-corrected chi connectivity index (χ3v) is 3.77. The van der Waals surface area contributed by atoms with Crippen LogP contribution in [0.2, 0.25) is 0 Å². The van der Waals surface area contributed by atoms with Gasteiger partial charge in [-0.3, -0.25) is 4.79 Å². The lowest BCUT2D eigenvalue weighted by Gasteiger charge is -2.33. The van der Waals surface area contributed by atoms with E-state index in [1.54, 1.807) is 0 Å². The molecule has 0 radical (unpaired) electrons. The summed E-state index contributed by atoms with van der Waals surface area (Å²) in [5, 5.41) is 6.11. The van der Waals surface area contributed by atoms with Crippen molar-refractivity contribution in [2.75, 3.05) is 25.0 Å². The predicted molar refractivity (Wildman–Crippen MR) is 79.2 cm³/mol. The van der Waals surface area contributed by atoms with Crippen LogP contribution in [-0.2, 0) is 9.53 Å². The monoisotopic (exact) mass is 326 g/mol. The molecule has 1 atom stereocenters. The van der Waals surface area contributed by atoms with Crippen molar-refractivity contribution in [3.05, 3.63) is 28.7 Å². The fourth-order valence-electron chi connectivity index (χ4n) is 2.12. The number of amides is 1. The first-order valence-corrected chi connectivity index (χ1v) is 7.27. The summed E-state index contributed by atoms with van der Waals surface area (Å²) in [6.45, 7) is 3.98. The third-order valence-electron chi connectivity index (χ3n) is 3.24. The van der Waals surface area contributed by atoms with Crippen LogP contribution in [0.15, 0.2) is 28.7 Å². The SMILES string of the molecule is CC1(OCC(=O)Nc2ccc(Br)cc2)CCCNC1. The number of anilines is 1. The highest BCUT2D eigenvalue weighted by molar-refractivity contribution is 9.10. The molecule has 0 bridgehead atoms. The molecule has 1 fully saturated rings. The quantitative estimate of drug-likeness (QED) is 0.894. The van der Waals surface area contributed by atoms with Gasteiger partial charge in [0.15, 0.2) is 0 Å². The van der Waals surface area contributed by atoms with Gasteiger partial charge >= 0.3 is 0 Å². The number of nitrogens with one attached hydrogen (secondary N) is 2. The molecule has 1 unspecified atom stereocenters. The summed E-state index contributed by atoms with van der Waals surface area (Å²) in [6, 6.07) is 7.49. The first-order valence-electron chi connectivity index (χ1n) is 6.48. The van der Waals surface area contributed by atoms with Crippen LogP contribution in [0.25, 0.3) is 0 Å². The summed E-state index contributed by atoms with van der Waals surface area (Å²) in [4.78, 5) is 11.8. The van der Waals surface area contributed by atoms with Crippen LogP contribution in [0.3, 0.4) is 0 Å². The summed E-state index contributed by atoms with van der Waals surface area (Å²) in [5.74, 6) is -0.117. The normalized spacial score (nSPS) is 23.1. The number of benzene rings is 1. The van der Waals surface area contributed by atoms with Crippen LogP contribution in [0.1, 0.15) is 19.8 Å². The molecule has 19 heavy (non-hydrogen) atoms. The molecule has 1 heterocycles. The van der Waals surface area contributed by atoms with E-state index in [1.807, 2.05) is 31.2 Å². The van der Waals surface area contributed by atoms with Crippen molar-refractivity contribution in [3.8, 4) is 0 Å². The molecule has 1 saturated heterocycles. The zero-order valence-electron chi connectivity index (χ0n) is 11.0. The van der Waals surface area contributed by atoms with Crippen molar-refractivity contribution in [2.24, 2.45) is 0 Å². The fourth-order valence-corrected chi connectivity index (χ4v) is 2.39. The minimum atomic E-state index is -0.227. The molecule has 1 aromatic carbocycles. The van der Waals surface area contributed by atoms with Crippen LogP contribution in [-0.4, -0.2) is 31.2 Å². The second-order valence-electron chi connectivity index (χ2n) is 5.07. The summed E-state index contributed by atoms with van der Waals surface area (Å²) in [5.41, 5.74) is 0.554. The number of hydrogen-bond acceptors (Lipinski definition) is 3. The number of ether oxygens (including phenoxy) is 1. The number of piperidine rings is 1. The van der Waals surface area contributed by atoms with Crippen molar-refractivity contribution in [1.29, 1.82) is 0 Å². The zero-order valence-corrected chi connectivity index (χ0v) is 12.6. The molecule has 1 amide bonds. The fraction of sp³-hybridized carbons (Fsp3) is 0.500. The lowest BCUT2D eigenvalue weighted by Crippen LogP contribution is -2.46. The van der Waals surface area contributed by atoms with E-state index in [-0.39, 0.29) is 18.1 Å². The maximum Gasteiger partial charge on any atom is 0.250 e. The highest BCUT2D eigenvalue weighted by Gasteiger charge is 2.28. The Bertz CT molecular complexity index is 428. The summed E-state index contributed by atoms with van der Waals surface area (Å²) in [7, 11) is 0. The van der Waals surface area contributed by atoms with Gasteiger partial charge in [-0.25, -0.2) is 0 Å². The Morgan fingerprint density at radius 2 is 2.21 bits per heavy atom. The van der Waals surface area contributed by atoms with Crippen LogP contribution in [0.4, 0.5) is 5.69 Å². The molecule has 0 saturated carbocycles. The lowest BCUT2D eigenvalue weighted by atomic mass is 9.96. The molecule has 4 nitrogen and oxygen atoms in total. The molecular formula is C14H19BrN2O2. The maximum absolute atomic E-state index is 11.8. The van der Waals surface area contributed by atoms with E-state index in [4.69, 9.17) is 4.74 Å². The molecule has 1 aliphatic rings. The maximum atomic E-state index is 11.8. The lowest BCUT2D eigenvalue weighted by molar-refractivity contribution is -0.128. The molecule has 1 aromatic rings. The Morgan fingerprint density at radius 3 is 2.84 bits per heavy atom. The minimum Gasteiger partial charge on any atom is -0.364 e. The summed E-state index contributed by atoms with van der Waals surface area (Å²) < 4.78 is 6.73. The summed E-state index contributed by atoms with van der Waals surface area (Å²) in [6.07, 6.45) is 2.08. The molecule has 0 aromatic heterocycles. The van der Waals surface area contributed by atoms with Crippen LogP contribution >= 0.6 is 15.9 Å². The first-order chi connectivity index (χ1) is 9.07. The second-order valence-corrected chi connectivity index (χ2v) is 5.99. The van der Waals surface area contributed by atoms with E-state index < -0.39 is 0 Å². The van der Waals surface area contributed by atoms with E-state index >= 15 is 0 Å². The van der Waals surface area contributed by atoms with Gasteiger partial charge in [0.25, 0.3) is 0 Å². The Kier molecular flexibility index (Phi) is 4.96. The van der Waals surface area contributed by atoms with Gasteiger partial charge in [-0.05, 0) is 50.6 Å². The third kappa shape index (κ3) is 4.60. The van der Waals surface area contributed by atoms with Crippen molar-refractivity contribution < 1.29 is 9.53 Å². The van der Waals surface area contributed by atoms with Crippen molar-refractivity contribution >= 4 is 27.5 Å². The summed E-state index contributed by atoms with van der Waals surface area (Å²) >= 11 is 3.36. The van der Waals surface area contributed by atoms with Crippen molar-refractivity contribution in [3.63, 3.8) is 0 Å². The van der Waals surface area contributed by atoms with Gasteiger partial charge in [0.2, 0.25) is 5.91 Å². The van der Waals surface area contributed by atoms with Gasteiger partial charge in [-0.15, -0.1) is 0 Å². The van der Waals surface area contributed by atoms with Gasteiger partial charge in [0, 0.05) is 16.7 Å². The van der Waals surface area contributed by atoms with Gasteiger partial charge in [0.1, 0.15) is 6.61 Å². The van der Waals surface area contributed by atoms with E-state index in [1.165, 1.54) is 0 Å². The molecule has 2 N–H and O–H groups in total. The van der Waals surface area contributed by atoms with Crippen LogP contribution in [0.5, 0.6) is 0 Å². The largest absolute Gasteiger partial charge is 0.364 e. The van der Waals surface area contributed by atoms with E-state index in [2.05, 4.69) is 26.6 Å². The number of hydrogen-bond donors (Lipinski definition) is 2. The standard InChI is InChI=1S/C14H19BrN2O2/c1-14(7-2-8-16-10-14)19-9-13(18)17-12-5-3-11(15)4-6-12/h3-6,16H,2,7-10H2,1H3,(H,17,18). The van der Waals surface area contributed by atoms with Gasteiger partial charge in [0.05, 0.1) is 5.60 Å². The smallest absolute Gasteiger partial charge is 0.250 e. The molecule has 1 aliphatic heterocycles. The molecular weight excluding hydrogens is 308 g/mol. The van der Waals surface area contributed by atoms with E-state index in [0.29, 0.717) is 0 Å². The predicted octanol–water partition coefficient (Wildman–Crippen LogP) is 2.55. The van der Waals surface area contributed by atoms with Crippen molar-refractivity contribution in [1.82, 2.24) is 5.32 Å². The Hall–Kier alpha value is -0.910. The highest BCUT2D eigenvalue weighted by atomic mass is 79.9. The van der Waals surface area contributed by atoms with E-state index in [9.17, 15) is 4.79 Å². The number of carbonyl (C=O) groups excluding carboxylic acids is 1. The highest BCUT2D eigenvalue weighted by Crippen LogP contribution is 2.20. The molecule has 0 aliphatic carbocycles. The molecule has 0 spiro atoms. The Labute approximate surface area is 122 Å². The Balaban J connectivity index is 1.79. The molecule has 2 rings (SSSR count). The van der Waals surface area contributed by atoms with Crippen molar-refractivity contribution in [2.45, 2.75) is 25.4 Å². The topological polar surface area (TPSA) is 50.4 Å². The minimum absolute atomic E-state index is 0.0915. The average molecular weight is 327 g/mol. The van der Waals surface area contributed by atoms with Crippen LogP contribution < -0.4 is 10.6 Å². The van der Waals surface area contributed by atoms with Crippen LogP contribution in [0, 0.1) is 0 Å². The van der Waals surface area contributed by atoms with Gasteiger partial charge in [-0.2, -0.15) is 0 Å². The molecule has 5 heteroatoms. The number of halogens is 1. The van der Waals surface area contributed by atoms with E-state index in [0.717, 1.165) is 36.1 Å². The number of rotatable bonds is 4.